The number of aryl methyl sites for hydroxylation is 2. The molecule has 18 heavy (non-hydrogen) atoms. The lowest BCUT2D eigenvalue weighted by Gasteiger charge is -2.03. The molecule has 7 heteroatoms. The molecular formula is C11H13N5O2. The van der Waals surface area contributed by atoms with E-state index in [1.807, 2.05) is 6.92 Å². The molecule has 3 N–H and O–H groups in total. The second kappa shape index (κ2) is 4.82. The first kappa shape index (κ1) is 12.0. The van der Waals surface area contributed by atoms with Gasteiger partial charge in [-0.2, -0.15) is 0 Å². The molecule has 0 spiro atoms. The molecule has 0 aliphatic rings. The molecule has 7 nitrogen and oxygen atoms in total. The average Bonchev–Trinajstić information content (AvgIpc) is 2.67. The molecule has 0 aromatic carbocycles. The first-order valence-corrected chi connectivity index (χ1v) is 5.37. The van der Waals surface area contributed by atoms with Crippen LogP contribution in [-0.2, 0) is 6.54 Å². The predicted octanol–water partition coefficient (Wildman–Crippen LogP) is 0.594. The quantitative estimate of drug-likeness (QED) is 0.822. The number of hydrogen-bond donors (Lipinski definition) is 2. The zero-order valence-electron chi connectivity index (χ0n) is 10.1. The molecule has 2 aromatic heterocycles. The normalized spacial score (nSPS) is 10.3. The van der Waals surface area contributed by atoms with Crippen molar-refractivity contribution in [2.45, 2.75) is 20.4 Å². The Bertz CT molecular complexity index is 542. The lowest BCUT2D eigenvalue weighted by Crippen LogP contribution is -2.24. The van der Waals surface area contributed by atoms with Crippen LogP contribution in [0.2, 0.25) is 0 Å². The van der Waals surface area contributed by atoms with E-state index in [9.17, 15) is 4.79 Å². The summed E-state index contributed by atoms with van der Waals surface area (Å²) < 4.78 is 5.00. The Morgan fingerprint density at radius 3 is 2.72 bits per heavy atom. The van der Waals surface area contributed by atoms with Crippen molar-refractivity contribution < 1.29 is 9.32 Å². The Labute approximate surface area is 103 Å². The van der Waals surface area contributed by atoms with Gasteiger partial charge in [-0.25, -0.2) is 0 Å². The van der Waals surface area contributed by atoms with Crippen LogP contribution in [-0.4, -0.2) is 21.3 Å². The molecular weight excluding hydrogens is 234 g/mol. The van der Waals surface area contributed by atoms with Crippen molar-refractivity contribution in [3.05, 3.63) is 34.8 Å². The molecule has 2 aromatic rings. The van der Waals surface area contributed by atoms with E-state index in [1.54, 1.807) is 6.92 Å². The number of nitrogens with zero attached hydrogens (tertiary/aromatic N) is 3. The van der Waals surface area contributed by atoms with Gasteiger partial charge >= 0.3 is 0 Å². The highest BCUT2D eigenvalue weighted by Crippen LogP contribution is 2.11. The van der Waals surface area contributed by atoms with E-state index < -0.39 is 0 Å². The summed E-state index contributed by atoms with van der Waals surface area (Å²) >= 11 is 0. The van der Waals surface area contributed by atoms with Crippen LogP contribution in [0.25, 0.3) is 0 Å². The maximum absolute atomic E-state index is 11.8. The Morgan fingerprint density at radius 1 is 1.39 bits per heavy atom. The predicted molar refractivity (Wildman–Crippen MR) is 63.6 cm³/mol. The summed E-state index contributed by atoms with van der Waals surface area (Å²) in [5.41, 5.74) is 7.24. The maximum atomic E-state index is 11.8. The lowest BCUT2D eigenvalue weighted by molar-refractivity contribution is 0.0945. The summed E-state index contributed by atoms with van der Waals surface area (Å²) in [6.07, 6.45) is 0. The zero-order chi connectivity index (χ0) is 13.1. The number of aromatic nitrogens is 3. The van der Waals surface area contributed by atoms with E-state index in [0.29, 0.717) is 12.3 Å². The second-order valence-corrected chi connectivity index (χ2v) is 3.83. The first-order chi connectivity index (χ1) is 8.58. The van der Waals surface area contributed by atoms with E-state index in [-0.39, 0.29) is 17.4 Å². The third-order valence-electron chi connectivity index (χ3n) is 2.52. The van der Waals surface area contributed by atoms with Crippen molar-refractivity contribution in [1.82, 2.24) is 20.7 Å². The van der Waals surface area contributed by atoms with Crippen LogP contribution in [0.15, 0.2) is 16.7 Å². The highest BCUT2D eigenvalue weighted by Gasteiger charge is 2.12. The molecule has 1 amide bonds. The Hall–Kier alpha value is -2.44. The number of hydrogen-bond acceptors (Lipinski definition) is 6. The van der Waals surface area contributed by atoms with Crippen LogP contribution >= 0.6 is 0 Å². The highest BCUT2D eigenvalue weighted by molar-refractivity contribution is 5.92. The number of rotatable bonds is 3. The van der Waals surface area contributed by atoms with Gasteiger partial charge in [0.25, 0.3) is 5.91 Å². The van der Waals surface area contributed by atoms with Crippen molar-refractivity contribution in [2.75, 3.05) is 5.73 Å². The van der Waals surface area contributed by atoms with E-state index in [2.05, 4.69) is 20.7 Å². The molecule has 2 heterocycles. The van der Waals surface area contributed by atoms with Crippen LogP contribution < -0.4 is 11.1 Å². The maximum Gasteiger partial charge on any atom is 0.272 e. The smallest absolute Gasteiger partial charge is 0.272 e. The Balaban J connectivity index is 2.03. The molecule has 0 saturated carbocycles. The van der Waals surface area contributed by atoms with Gasteiger partial charge in [0.15, 0.2) is 5.69 Å². The van der Waals surface area contributed by atoms with Crippen molar-refractivity contribution in [3.8, 4) is 0 Å². The number of amides is 1. The first-order valence-electron chi connectivity index (χ1n) is 5.37. The number of nitrogens with two attached hydrogens (primary N) is 1. The fraction of sp³-hybridized carbons (Fsp3) is 0.273. The number of nitrogens with one attached hydrogen (secondary N) is 1. The van der Waals surface area contributed by atoms with Crippen LogP contribution in [0, 0.1) is 13.8 Å². The lowest BCUT2D eigenvalue weighted by atomic mass is 10.2. The average molecular weight is 247 g/mol. The molecule has 0 saturated heterocycles. The largest absolute Gasteiger partial charge is 0.382 e. The topological polar surface area (TPSA) is 107 Å². The highest BCUT2D eigenvalue weighted by atomic mass is 16.5. The van der Waals surface area contributed by atoms with Crippen molar-refractivity contribution >= 4 is 11.7 Å². The van der Waals surface area contributed by atoms with Crippen LogP contribution in [0.1, 0.15) is 27.5 Å². The van der Waals surface area contributed by atoms with E-state index >= 15 is 0 Å². The molecule has 0 aliphatic carbocycles. The minimum atomic E-state index is -0.317. The van der Waals surface area contributed by atoms with Gasteiger partial charge in [-0.3, -0.25) is 4.79 Å². The van der Waals surface area contributed by atoms with Gasteiger partial charge in [-0.15, -0.1) is 10.2 Å². The molecule has 0 aliphatic heterocycles. The molecule has 0 atom stereocenters. The van der Waals surface area contributed by atoms with Crippen LogP contribution in [0.4, 0.5) is 5.82 Å². The van der Waals surface area contributed by atoms with Crippen LogP contribution in [0.5, 0.6) is 0 Å². The Kier molecular flexibility index (Phi) is 3.22. The number of anilines is 1. The SMILES string of the molecule is Cc1noc(C)c1CNC(=O)c1ccc(N)nn1. The van der Waals surface area contributed by atoms with Crippen molar-refractivity contribution in [1.29, 1.82) is 0 Å². The van der Waals surface area contributed by atoms with E-state index in [1.165, 1.54) is 12.1 Å². The summed E-state index contributed by atoms with van der Waals surface area (Å²) in [6.45, 7) is 3.96. The van der Waals surface area contributed by atoms with Gasteiger partial charge in [0.05, 0.1) is 5.69 Å². The molecule has 0 unspecified atom stereocenters. The van der Waals surface area contributed by atoms with Gasteiger partial charge in [-0.1, -0.05) is 5.16 Å². The molecule has 0 bridgehead atoms. The van der Waals surface area contributed by atoms with Gasteiger partial charge in [-0.05, 0) is 26.0 Å². The molecule has 0 radical (unpaired) electrons. The van der Waals surface area contributed by atoms with Gasteiger partial charge in [0.1, 0.15) is 11.6 Å². The summed E-state index contributed by atoms with van der Waals surface area (Å²) in [7, 11) is 0. The summed E-state index contributed by atoms with van der Waals surface area (Å²) in [5.74, 6) is 0.649. The second-order valence-electron chi connectivity index (χ2n) is 3.83. The minimum Gasteiger partial charge on any atom is -0.382 e. The van der Waals surface area contributed by atoms with E-state index in [0.717, 1.165) is 11.3 Å². The number of carbonyl (C=O) groups excluding carboxylic acids is 1. The third kappa shape index (κ3) is 2.45. The summed E-state index contributed by atoms with van der Waals surface area (Å²) in [6, 6.07) is 3.04. The fourth-order valence-corrected chi connectivity index (χ4v) is 1.48. The fourth-order valence-electron chi connectivity index (χ4n) is 1.48. The van der Waals surface area contributed by atoms with Gasteiger partial charge in [0.2, 0.25) is 0 Å². The Morgan fingerprint density at radius 2 is 2.17 bits per heavy atom. The molecule has 94 valence electrons. The van der Waals surface area contributed by atoms with Crippen molar-refractivity contribution in [3.63, 3.8) is 0 Å². The molecule has 2 rings (SSSR count). The van der Waals surface area contributed by atoms with E-state index in [4.69, 9.17) is 10.3 Å². The van der Waals surface area contributed by atoms with Crippen molar-refractivity contribution in [2.24, 2.45) is 0 Å². The van der Waals surface area contributed by atoms with Gasteiger partial charge < -0.3 is 15.6 Å². The van der Waals surface area contributed by atoms with Gasteiger partial charge in [0, 0.05) is 12.1 Å². The third-order valence-corrected chi connectivity index (χ3v) is 2.52. The zero-order valence-corrected chi connectivity index (χ0v) is 10.1. The molecule has 0 fully saturated rings. The summed E-state index contributed by atoms with van der Waals surface area (Å²) in [4.78, 5) is 11.8. The van der Waals surface area contributed by atoms with Crippen LogP contribution in [0.3, 0.4) is 0 Å². The minimum absolute atomic E-state index is 0.218. The summed E-state index contributed by atoms with van der Waals surface area (Å²) in [5, 5.41) is 13.8. The number of nitrogen functional groups attached to an aromatic ring is 1. The number of carbonyl (C=O) groups is 1. The standard InChI is InChI=1S/C11H13N5O2/c1-6-8(7(2)18-16-6)5-13-11(17)9-3-4-10(12)15-14-9/h3-4H,5H2,1-2H3,(H2,12,15)(H,13,17). The monoisotopic (exact) mass is 247 g/mol.